The van der Waals surface area contributed by atoms with Crippen molar-refractivity contribution in [2.75, 3.05) is 19.5 Å². The van der Waals surface area contributed by atoms with Gasteiger partial charge in [-0.25, -0.2) is 9.78 Å². The predicted octanol–water partition coefficient (Wildman–Crippen LogP) is 3.23. The molecule has 0 radical (unpaired) electrons. The van der Waals surface area contributed by atoms with Crippen molar-refractivity contribution in [2.24, 2.45) is 0 Å². The fourth-order valence-electron chi connectivity index (χ4n) is 1.81. The number of methoxy groups -OCH3 is 2. The summed E-state index contributed by atoms with van der Waals surface area (Å²) in [5, 5.41) is 6.06. The van der Waals surface area contributed by atoms with Crippen LogP contribution in [0.2, 0.25) is 0 Å². The number of carbonyl (C=O) groups excluding carboxylic acids is 1. The molecule has 0 saturated heterocycles. The molecule has 2 amide bonds. The van der Waals surface area contributed by atoms with Crippen molar-refractivity contribution in [3.8, 4) is 11.5 Å². The third-order valence-electron chi connectivity index (χ3n) is 2.62. The van der Waals surface area contributed by atoms with Crippen LogP contribution in [0.25, 0.3) is 10.2 Å². The van der Waals surface area contributed by atoms with Crippen molar-refractivity contribution in [2.45, 2.75) is 26.3 Å². The Kier molecular flexibility index (Phi) is 4.22. The van der Waals surface area contributed by atoms with Gasteiger partial charge in [0.05, 0.1) is 14.2 Å². The van der Waals surface area contributed by atoms with Crippen LogP contribution < -0.4 is 20.1 Å². The van der Waals surface area contributed by atoms with Crippen LogP contribution in [-0.4, -0.2) is 30.8 Å². The highest BCUT2D eigenvalue weighted by atomic mass is 32.1. The molecule has 0 atom stereocenters. The zero-order chi connectivity index (χ0) is 15.6. The molecule has 0 fully saturated rings. The average molecular weight is 309 g/mol. The number of nitrogens with zero attached hydrogens (tertiary/aromatic N) is 1. The fourth-order valence-corrected chi connectivity index (χ4v) is 2.78. The van der Waals surface area contributed by atoms with Gasteiger partial charge in [-0.15, -0.1) is 0 Å². The Balaban J connectivity index is 2.32. The van der Waals surface area contributed by atoms with Crippen molar-refractivity contribution < 1.29 is 14.3 Å². The summed E-state index contributed by atoms with van der Waals surface area (Å²) in [6.45, 7) is 5.74. The molecule has 2 rings (SSSR count). The van der Waals surface area contributed by atoms with Crippen LogP contribution in [0.4, 0.5) is 9.93 Å². The number of nitrogens with one attached hydrogen (secondary N) is 2. The van der Waals surface area contributed by atoms with E-state index in [2.05, 4.69) is 15.6 Å². The monoisotopic (exact) mass is 309 g/mol. The van der Waals surface area contributed by atoms with Gasteiger partial charge in [-0.2, -0.15) is 0 Å². The van der Waals surface area contributed by atoms with Crippen molar-refractivity contribution in [1.29, 1.82) is 0 Å². The maximum Gasteiger partial charge on any atom is 0.321 e. The number of hydrogen-bond acceptors (Lipinski definition) is 5. The number of rotatable bonds is 3. The molecule has 0 aliphatic carbocycles. The Morgan fingerprint density at radius 1 is 1.19 bits per heavy atom. The number of ether oxygens (including phenoxy) is 2. The van der Waals surface area contributed by atoms with Gasteiger partial charge in [0, 0.05) is 5.54 Å². The zero-order valence-electron chi connectivity index (χ0n) is 12.7. The second kappa shape index (κ2) is 5.77. The zero-order valence-corrected chi connectivity index (χ0v) is 13.6. The van der Waals surface area contributed by atoms with E-state index in [1.165, 1.54) is 11.3 Å². The number of fused-ring (bicyclic) bond motifs is 1. The largest absolute Gasteiger partial charge is 0.495 e. The number of amides is 2. The van der Waals surface area contributed by atoms with Crippen molar-refractivity contribution in [3.05, 3.63) is 12.1 Å². The second-order valence-corrected chi connectivity index (χ2v) is 6.50. The van der Waals surface area contributed by atoms with Gasteiger partial charge in [-0.05, 0) is 32.9 Å². The van der Waals surface area contributed by atoms with Gasteiger partial charge in [0.1, 0.15) is 21.7 Å². The predicted molar refractivity (Wildman–Crippen MR) is 84.6 cm³/mol. The van der Waals surface area contributed by atoms with Crippen molar-refractivity contribution in [3.63, 3.8) is 0 Å². The number of urea groups is 1. The van der Waals surface area contributed by atoms with Crippen molar-refractivity contribution >= 4 is 32.7 Å². The molecule has 7 heteroatoms. The smallest absolute Gasteiger partial charge is 0.321 e. The van der Waals surface area contributed by atoms with Crippen molar-refractivity contribution in [1.82, 2.24) is 10.3 Å². The van der Waals surface area contributed by atoms with E-state index in [-0.39, 0.29) is 11.6 Å². The summed E-state index contributed by atoms with van der Waals surface area (Å²) in [7, 11) is 3.18. The molecule has 2 aromatic rings. The number of carbonyl (C=O) groups is 1. The molecule has 114 valence electrons. The molecule has 2 N–H and O–H groups in total. The van der Waals surface area contributed by atoms with Crippen LogP contribution in [0.15, 0.2) is 12.1 Å². The Hall–Kier alpha value is -2.02. The summed E-state index contributed by atoms with van der Waals surface area (Å²) < 4.78 is 11.4. The second-order valence-electron chi connectivity index (χ2n) is 5.50. The first-order valence-corrected chi connectivity index (χ1v) is 7.26. The van der Waals surface area contributed by atoms with Gasteiger partial charge in [-0.1, -0.05) is 11.3 Å². The number of thiazole rings is 1. The highest BCUT2D eigenvalue weighted by molar-refractivity contribution is 7.22. The molecule has 0 bridgehead atoms. The lowest BCUT2D eigenvalue weighted by molar-refractivity contribution is 0.244. The minimum absolute atomic E-state index is 0.292. The Bertz CT molecular complexity index is 620. The van der Waals surface area contributed by atoms with E-state index < -0.39 is 0 Å². The highest BCUT2D eigenvalue weighted by Crippen LogP contribution is 2.38. The number of anilines is 1. The highest BCUT2D eigenvalue weighted by Gasteiger charge is 2.17. The summed E-state index contributed by atoms with van der Waals surface area (Å²) in [6.07, 6.45) is 0. The molecule has 6 nitrogen and oxygen atoms in total. The Morgan fingerprint density at radius 3 is 2.38 bits per heavy atom. The molecular formula is C14H19N3O3S. The van der Waals surface area contributed by atoms with Crippen LogP contribution in [0, 0.1) is 0 Å². The maximum atomic E-state index is 11.9. The number of hydrogen-bond donors (Lipinski definition) is 2. The first-order chi connectivity index (χ1) is 9.84. The molecule has 1 heterocycles. The van der Waals surface area contributed by atoms with E-state index in [0.717, 1.165) is 4.70 Å². The van der Waals surface area contributed by atoms with Crippen LogP contribution in [0.1, 0.15) is 20.8 Å². The van der Waals surface area contributed by atoms with Gasteiger partial charge < -0.3 is 14.8 Å². The third kappa shape index (κ3) is 3.55. The molecule has 0 aliphatic heterocycles. The standard InChI is InChI=1S/C14H19N3O3S/c1-14(2,3)17-12(18)16-13-15-10-8(19-4)6-7-9(20-5)11(10)21-13/h6-7H,1-5H3,(H2,15,16,17,18). The topological polar surface area (TPSA) is 72.5 Å². The first-order valence-electron chi connectivity index (χ1n) is 6.45. The van der Waals surface area contributed by atoms with Gasteiger partial charge in [0.2, 0.25) is 0 Å². The number of aromatic nitrogens is 1. The van der Waals surface area contributed by atoms with Gasteiger partial charge >= 0.3 is 6.03 Å². The molecule has 0 saturated carbocycles. The fraction of sp³-hybridized carbons (Fsp3) is 0.429. The van der Waals surface area contributed by atoms with Gasteiger partial charge in [-0.3, -0.25) is 5.32 Å². The Labute approximate surface area is 127 Å². The molecule has 1 aromatic carbocycles. The van der Waals surface area contributed by atoms with Crippen LogP contribution >= 0.6 is 11.3 Å². The lowest BCUT2D eigenvalue weighted by Gasteiger charge is -2.19. The third-order valence-corrected chi connectivity index (χ3v) is 3.60. The molecule has 0 unspecified atom stereocenters. The molecule has 1 aromatic heterocycles. The summed E-state index contributed by atoms with van der Waals surface area (Å²) in [4.78, 5) is 16.3. The SMILES string of the molecule is COc1ccc(OC)c2sc(NC(=O)NC(C)(C)C)nc12. The summed E-state index contributed by atoms with van der Waals surface area (Å²) in [6, 6.07) is 3.32. The van der Waals surface area contributed by atoms with E-state index in [9.17, 15) is 4.79 Å². The summed E-state index contributed by atoms with van der Waals surface area (Å²) >= 11 is 1.34. The molecular weight excluding hydrogens is 290 g/mol. The summed E-state index contributed by atoms with van der Waals surface area (Å²) in [5.41, 5.74) is 0.365. The van der Waals surface area contributed by atoms with E-state index in [1.54, 1.807) is 20.3 Å². The average Bonchev–Trinajstić information content (AvgIpc) is 2.78. The summed E-state index contributed by atoms with van der Waals surface area (Å²) in [5.74, 6) is 1.35. The van der Waals surface area contributed by atoms with Gasteiger partial charge in [0.25, 0.3) is 0 Å². The molecule has 21 heavy (non-hydrogen) atoms. The van der Waals surface area contributed by atoms with Crippen LogP contribution in [-0.2, 0) is 0 Å². The van der Waals surface area contributed by atoms with E-state index in [0.29, 0.717) is 22.1 Å². The van der Waals surface area contributed by atoms with Crippen LogP contribution in [0.5, 0.6) is 11.5 Å². The molecule has 0 aliphatic rings. The Morgan fingerprint density at radius 2 is 1.81 bits per heavy atom. The van der Waals surface area contributed by atoms with E-state index in [4.69, 9.17) is 9.47 Å². The quantitative estimate of drug-likeness (QED) is 0.913. The van der Waals surface area contributed by atoms with Gasteiger partial charge in [0.15, 0.2) is 5.13 Å². The van der Waals surface area contributed by atoms with Crippen LogP contribution in [0.3, 0.4) is 0 Å². The minimum atomic E-state index is -0.309. The maximum absolute atomic E-state index is 11.9. The molecule has 0 spiro atoms. The first kappa shape index (κ1) is 15.4. The lowest BCUT2D eigenvalue weighted by Crippen LogP contribution is -2.43. The van der Waals surface area contributed by atoms with E-state index >= 15 is 0 Å². The normalized spacial score (nSPS) is 11.3. The lowest BCUT2D eigenvalue weighted by atomic mass is 10.1. The number of benzene rings is 1. The minimum Gasteiger partial charge on any atom is -0.495 e. The van der Waals surface area contributed by atoms with E-state index in [1.807, 2.05) is 26.8 Å².